The molecule has 0 radical (unpaired) electrons. The predicted octanol–water partition coefficient (Wildman–Crippen LogP) is 0.195. The predicted molar refractivity (Wildman–Crippen MR) is 71.6 cm³/mol. The highest BCUT2D eigenvalue weighted by molar-refractivity contribution is 7.92. The van der Waals surface area contributed by atoms with E-state index in [0.717, 1.165) is 0 Å². The van der Waals surface area contributed by atoms with Gasteiger partial charge in [-0.3, -0.25) is 4.79 Å². The summed E-state index contributed by atoms with van der Waals surface area (Å²) in [5.74, 6) is -3.01. The van der Waals surface area contributed by atoms with Crippen molar-refractivity contribution in [1.29, 1.82) is 0 Å². The Morgan fingerprint density at radius 2 is 1.80 bits per heavy atom. The molecule has 7 heteroatoms. The lowest BCUT2D eigenvalue weighted by molar-refractivity contribution is -0.301. The molecule has 1 aromatic carbocycles. The molecule has 20 heavy (non-hydrogen) atoms. The molecule has 0 aromatic heterocycles. The van der Waals surface area contributed by atoms with Crippen molar-refractivity contribution in [2.75, 3.05) is 11.1 Å². The number of carbonyl (C=O) groups excluding carboxylic acids is 2. The molecule has 0 saturated heterocycles. The van der Waals surface area contributed by atoms with Crippen molar-refractivity contribution in [3.63, 3.8) is 0 Å². The van der Waals surface area contributed by atoms with Crippen LogP contribution >= 0.6 is 0 Å². The molecule has 1 amide bonds. The van der Waals surface area contributed by atoms with E-state index in [2.05, 4.69) is 5.32 Å². The molecule has 0 aliphatic rings. The third-order valence-corrected chi connectivity index (χ3v) is 4.45. The van der Waals surface area contributed by atoms with Crippen molar-refractivity contribution in [3.8, 4) is 0 Å². The first-order chi connectivity index (χ1) is 9.26. The van der Waals surface area contributed by atoms with E-state index in [1.54, 1.807) is 6.92 Å². The first-order valence-electron chi connectivity index (χ1n) is 6.09. The first-order valence-corrected chi connectivity index (χ1v) is 7.75. The van der Waals surface area contributed by atoms with Crippen LogP contribution in [0.5, 0.6) is 0 Å². The van der Waals surface area contributed by atoms with Crippen LogP contribution in [0.3, 0.4) is 0 Å². The number of carbonyl (C=O) groups is 2. The lowest BCUT2D eigenvalue weighted by Crippen LogP contribution is -2.30. The number of sulfone groups is 1. The maximum atomic E-state index is 11.7. The molecule has 0 bridgehead atoms. The van der Waals surface area contributed by atoms with E-state index in [-0.39, 0.29) is 16.7 Å². The normalized spacial score (nSPS) is 12.7. The largest absolute Gasteiger partial charge is 0.549 e. The highest BCUT2D eigenvalue weighted by Crippen LogP contribution is 2.16. The second-order valence-corrected chi connectivity index (χ2v) is 6.44. The Morgan fingerprint density at radius 1 is 1.25 bits per heavy atom. The quantitative estimate of drug-likeness (QED) is 0.807. The van der Waals surface area contributed by atoms with Gasteiger partial charge in [0.1, 0.15) is 0 Å². The van der Waals surface area contributed by atoms with E-state index in [0.29, 0.717) is 12.1 Å². The van der Waals surface area contributed by atoms with E-state index in [1.807, 2.05) is 6.92 Å². The summed E-state index contributed by atoms with van der Waals surface area (Å²) in [5, 5.41) is 13.0. The van der Waals surface area contributed by atoms with Crippen LogP contribution in [-0.2, 0) is 19.4 Å². The minimum absolute atomic E-state index is 0.122. The van der Waals surface area contributed by atoms with Crippen LogP contribution in [0.1, 0.15) is 20.3 Å². The van der Waals surface area contributed by atoms with Crippen molar-refractivity contribution in [2.45, 2.75) is 25.2 Å². The number of amides is 1. The van der Waals surface area contributed by atoms with Crippen molar-refractivity contribution < 1.29 is 23.1 Å². The maximum absolute atomic E-state index is 11.7. The van der Waals surface area contributed by atoms with Crippen LogP contribution in [0.15, 0.2) is 29.2 Å². The second-order valence-electron chi connectivity index (χ2n) is 4.45. The van der Waals surface area contributed by atoms with Gasteiger partial charge in [0.05, 0.1) is 16.6 Å². The summed E-state index contributed by atoms with van der Waals surface area (Å²) in [4.78, 5) is 21.9. The SMILES string of the molecule is CCC(C)C(=O)Nc1ccc(S(=O)(=O)CC(=O)[O-])cc1. The number of aliphatic carboxylic acids is 1. The standard InChI is InChI=1S/C13H17NO5S/c1-3-9(2)13(17)14-10-4-6-11(7-5-10)20(18,19)8-12(15)16/h4-7,9H,3,8H2,1-2H3,(H,14,17)(H,15,16)/p-1. The minimum atomic E-state index is -3.90. The molecule has 0 aliphatic heterocycles. The molecule has 0 saturated carbocycles. The number of carboxylic acids is 1. The Kier molecular flexibility index (Phi) is 5.26. The van der Waals surface area contributed by atoms with Crippen LogP contribution in [0.25, 0.3) is 0 Å². The number of hydrogen-bond acceptors (Lipinski definition) is 5. The van der Waals surface area contributed by atoms with Crippen LogP contribution in [0.4, 0.5) is 5.69 Å². The molecule has 1 rings (SSSR count). The van der Waals surface area contributed by atoms with Crippen LogP contribution in [0.2, 0.25) is 0 Å². The van der Waals surface area contributed by atoms with Gasteiger partial charge in [0, 0.05) is 11.6 Å². The number of nitrogens with one attached hydrogen (secondary N) is 1. The molecule has 1 aromatic rings. The van der Waals surface area contributed by atoms with Crippen molar-refractivity contribution in [2.24, 2.45) is 5.92 Å². The summed E-state index contributed by atoms with van der Waals surface area (Å²) in [6.45, 7) is 3.67. The molecular formula is C13H16NO5S-. The Bertz CT molecular complexity index is 592. The smallest absolute Gasteiger partial charge is 0.227 e. The Balaban J connectivity index is 2.84. The van der Waals surface area contributed by atoms with Crippen molar-refractivity contribution in [1.82, 2.24) is 0 Å². The fraction of sp³-hybridized carbons (Fsp3) is 0.385. The molecule has 1 N–H and O–H groups in total. The average Bonchev–Trinajstić information content (AvgIpc) is 2.36. The fourth-order valence-electron chi connectivity index (χ4n) is 1.43. The summed E-state index contributed by atoms with van der Waals surface area (Å²) in [7, 11) is -3.90. The van der Waals surface area contributed by atoms with Gasteiger partial charge in [-0.25, -0.2) is 8.42 Å². The molecule has 110 valence electrons. The van der Waals surface area contributed by atoms with Crippen LogP contribution < -0.4 is 10.4 Å². The second kappa shape index (κ2) is 6.51. The molecule has 1 unspecified atom stereocenters. The van der Waals surface area contributed by atoms with Crippen molar-refractivity contribution in [3.05, 3.63) is 24.3 Å². The summed E-state index contributed by atoms with van der Waals surface area (Å²) >= 11 is 0. The summed E-state index contributed by atoms with van der Waals surface area (Å²) in [6, 6.07) is 5.35. The molecule has 0 heterocycles. The molecule has 0 fully saturated rings. The maximum Gasteiger partial charge on any atom is 0.227 e. The number of hydrogen-bond donors (Lipinski definition) is 1. The van der Waals surface area contributed by atoms with Gasteiger partial charge >= 0.3 is 0 Å². The van der Waals surface area contributed by atoms with E-state index < -0.39 is 21.6 Å². The van der Waals surface area contributed by atoms with E-state index in [1.165, 1.54) is 24.3 Å². The highest BCUT2D eigenvalue weighted by atomic mass is 32.2. The Labute approximate surface area is 117 Å². The first kappa shape index (κ1) is 16.2. The van der Waals surface area contributed by atoms with Gasteiger partial charge < -0.3 is 15.2 Å². The fourth-order valence-corrected chi connectivity index (χ4v) is 2.46. The zero-order valence-electron chi connectivity index (χ0n) is 11.3. The van der Waals surface area contributed by atoms with Gasteiger partial charge in [-0.05, 0) is 30.7 Å². The monoisotopic (exact) mass is 298 g/mol. The molecule has 6 nitrogen and oxygen atoms in total. The lowest BCUT2D eigenvalue weighted by atomic mass is 10.1. The zero-order valence-corrected chi connectivity index (χ0v) is 12.1. The highest BCUT2D eigenvalue weighted by Gasteiger charge is 2.15. The van der Waals surface area contributed by atoms with Gasteiger partial charge in [0.25, 0.3) is 0 Å². The van der Waals surface area contributed by atoms with Gasteiger partial charge in [0.2, 0.25) is 5.91 Å². The van der Waals surface area contributed by atoms with E-state index in [4.69, 9.17) is 0 Å². The lowest BCUT2D eigenvalue weighted by Gasteiger charge is -2.10. The van der Waals surface area contributed by atoms with Crippen LogP contribution in [-0.4, -0.2) is 26.0 Å². The number of carboxylic acid groups (broad SMARTS) is 1. The van der Waals surface area contributed by atoms with Crippen molar-refractivity contribution >= 4 is 27.4 Å². The molecule has 1 atom stereocenters. The number of benzene rings is 1. The zero-order chi connectivity index (χ0) is 15.3. The van der Waals surface area contributed by atoms with E-state index in [9.17, 15) is 23.1 Å². The Morgan fingerprint density at radius 3 is 2.25 bits per heavy atom. The summed E-state index contributed by atoms with van der Waals surface area (Å²) < 4.78 is 23.2. The van der Waals surface area contributed by atoms with Crippen LogP contribution in [0, 0.1) is 5.92 Å². The topological polar surface area (TPSA) is 103 Å². The third-order valence-electron chi connectivity index (χ3n) is 2.85. The average molecular weight is 298 g/mol. The summed E-state index contributed by atoms with van der Waals surface area (Å²) in [5.41, 5.74) is 0.461. The molecule has 0 spiro atoms. The third kappa shape index (κ3) is 4.34. The molecular weight excluding hydrogens is 282 g/mol. The van der Waals surface area contributed by atoms with Gasteiger partial charge in [0.15, 0.2) is 9.84 Å². The number of anilines is 1. The van der Waals surface area contributed by atoms with Gasteiger partial charge in [-0.1, -0.05) is 13.8 Å². The van der Waals surface area contributed by atoms with Gasteiger partial charge in [-0.2, -0.15) is 0 Å². The minimum Gasteiger partial charge on any atom is -0.549 e. The van der Waals surface area contributed by atoms with E-state index >= 15 is 0 Å². The molecule has 0 aliphatic carbocycles. The Hall–Kier alpha value is -1.89. The van der Waals surface area contributed by atoms with Gasteiger partial charge in [-0.15, -0.1) is 0 Å². The number of rotatable bonds is 6. The summed E-state index contributed by atoms with van der Waals surface area (Å²) in [6.07, 6.45) is 0.698.